The van der Waals surface area contributed by atoms with Gasteiger partial charge in [0.15, 0.2) is 0 Å². The molecule has 23 heavy (non-hydrogen) atoms. The van der Waals surface area contributed by atoms with Crippen LogP contribution in [-0.4, -0.2) is 7.05 Å². The van der Waals surface area contributed by atoms with E-state index in [0.717, 1.165) is 24.3 Å². The van der Waals surface area contributed by atoms with Gasteiger partial charge in [-0.1, -0.05) is 62.4 Å². The van der Waals surface area contributed by atoms with E-state index in [4.69, 9.17) is 11.6 Å². The van der Waals surface area contributed by atoms with Crippen molar-refractivity contribution in [2.24, 2.45) is 0 Å². The molecule has 0 amide bonds. The van der Waals surface area contributed by atoms with Gasteiger partial charge < -0.3 is 4.90 Å². The second kappa shape index (κ2) is 6.05. The molecule has 0 spiro atoms. The smallest absolute Gasteiger partial charge is 0.0469 e. The highest BCUT2D eigenvalue weighted by Gasteiger charge is 2.37. The Bertz CT molecular complexity index is 734. The lowest BCUT2D eigenvalue weighted by atomic mass is 9.83. The summed E-state index contributed by atoms with van der Waals surface area (Å²) in [5.74, 6) is 0. The van der Waals surface area contributed by atoms with E-state index in [1.165, 1.54) is 28.1 Å². The lowest BCUT2D eigenvalue weighted by Gasteiger charge is -2.24. The van der Waals surface area contributed by atoms with Gasteiger partial charge in [-0.15, -0.1) is 0 Å². The number of hydrogen-bond donors (Lipinski definition) is 0. The fourth-order valence-electron chi connectivity index (χ4n) is 3.72. The molecule has 1 aliphatic heterocycles. The number of halogens is 1. The van der Waals surface area contributed by atoms with Crippen LogP contribution in [0.5, 0.6) is 0 Å². The molecule has 1 heterocycles. The third-order valence-corrected chi connectivity index (χ3v) is 5.57. The maximum absolute atomic E-state index is 6.53. The van der Waals surface area contributed by atoms with Crippen LogP contribution in [0.4, 0.5) is 5.69 Å². The van der Waals surface area contributed by atoms with Gasteiger partial charge in [-0.05, 0) is 48.1 Å². The SMILES string of the molecule is C=CC1=C(Cl)/C(=C/C=C2/N(C)c3ccccc3C2(C)C)CCC1. The monoisotopic (exact) mass is 325 g/mol. The van der Waals surface area contributed by atoms with Gasteiger partial charge in [-0.2, -0.15) is 0 Å². The molecule has 1 aromatic carbocycles. The molecule has 0 atom stereocenters. The van der Waals surface area contributed by atoms with Crippen LogP contribution in [0.1, 0.15) is 38.7 Å². The van der Waals surface area contributed by atoms with Crippen LogP contribution >= 0.6 is 11.6 Å². The van der Waals surface area contributed by atoms with Gasteiger partial charge in [0.1, 0.15) is 0 Å². The van der Waals surface area contributed by atoms with Gasteiger partial charge >= 0.3 is 0 Å². The molecule has 0 fully saturated rings. The van der Waals surface area contributed by atoms with Crippen LogP contribution in [0.3, 0.4) is 0 Å². The van der Waals surface area contributed by atoms with E-state index in [0.29, 0.717) is 0 Å². The van der Waals surface area contributed by atoms with Crippen molar-refractivity contribution >= 4 is 17.3 Å². The Morgan fingerprint density at radius 2 is 1.91 bits per heavy atom. The molecule has 1 aromatic rings. The van der Waals surface area contributed by atoms with E-state index >= 15 is 0 Å². The summed E-state index contributed by atoms with van der Waals surface area (Å²) in [5, 5.41) is 0.888. The molecule has 0 N–H and O–H groups in total. The van der Waals surface area contributed by atoms with E-state index in [9.17, 15) is 0 Å². The van der Waals surface area contributed by atoms with Gasteiger partial charge in [0.05, 0.1) is 0 Å². The molecule has 1 aliphatic carbocycles. The summed E-state index contributed by atoms with van der Waals surface area (Å²) in [5.41, 5.74) is 6.38. The summed E-state index contributed by atoms with van der Waals surface area (Å²) in [6.07, 6.45) is 9.55. The fraction of sp³-hybridized carbons (Fsp3) is 0.333. The third-order valence-electron chi connectivity index (χ3n) is 5.09. The first kappa shape index (κ1) is 16.1. The topological polar surface area (TPSA) is 3.24 Å². The minimum absolute atomic E-state index is 0.00846. The molecule has 120 valence electrons. The maximum Gasteiger partial charge on any atom is 0.0469 e. The molecule has 3 rings (SSSR count). The summed E-state index contributed by atoms with van der Waals surface area (Å²) >= 11 is 6.53. The molecule has 2 heteroatoms. The van der Waals surface area contributed by atoms with Gasteiger partial charge in [-0.25, -0.2) is 0 Å². The number of para-hydroxylation sites is 1. The molecule has 0 bridgehead atoms. The normalized spacial score (nSPS) is 23.6. The van der Waals surface area contributed by atoms with Crippen LogP contribution in [0.25, 0.3) is 0 Å². The minimum Gasteiger partial charge on any atom is -0.347 e. The Labute approximate surface area is 144 Å². The first-order valence-electron chi connectivity index (χ1n) is 8.23. The first-order chi connectivity index (χ1) is 11.0. The molecule has 0 saturated carbocycles. The lowest BCUT2D eigenvalue weighted by molar-refractivity contribution is 0.640. The van der Waals surface area contributed by atoms with Crippen molar-refractivity contribution in [3.05, 3.63) is 76.5 Å². The zero-order valence-corrected chi connectivity index (χ0v) is 15.0. The number of allylic oxidation sites excluding steroid dienone is 7. The molecule has 2 aliphatic rings. The van der Waals surface area contributed by atoms with Crippen molar-refractivity contribution in [2.45, 2.75) is 38.5 Å². The van der Waals surface area contributed by atoms with E-state index in [-0.39, 0.29) is 5.41 Å². The zero-order chi connectivity index (χ0) is 16.6. The molecule has 0 radical (unpaired) electrons. The highest BCUT2D eigenvalue weighted by atomic mass is 35.5. The van der Waals surface area contributed by atoms with Crippen molar-refractivity contribution in [3.63, 3.8) is 0 Å². The van der Waals surface area contributed by atoms with Gasteiger partial charge in [0.2, 0.25) is 0 Å². The van der Waals surface area contributed by atoms with Crippen molar-refractivity contribution in [2.75, 3.05) is 11.9 Å². The summed E-state index contributed by atoms with van der Waals surface area (Å²) in [7, 11) is 2.14. The van der Waals surface area contributed by atoms with E-state index < -0.39 is 0 Å². The third kappa shape index (κ3) is 2.68. The predicted molar refractivity (Wildman–Crippen MR) is 101 cm³/mol. The standard InChI is InChI=1S/C21H24ClN/c1-5-15-9-8-10-16(20(15)22)13-14-19-21(2,3)17-11-6-7-12-18(17)23(19)4/h5-7,11-14H,1,8-10H2,2-4H3/b16-13+,19-14+. The summed E-state index contributed by atoms with van der Waals surface area (Å²) in [6.45, 7) is 8.45. The average molecular weight is 326 g/mol. The van der Waals surface area contributed by atoms with Gasteiger partial charge in [-0.3, -0.25) is 0 Å². The van der Waals surface area contributed by atoms with Crippen molar-refractivity contribution < 1.29 is 0 Å². The number of likely N-dealkylation sites (N-methyl/N-ethyl adjacent to an activating group) is 1. The van der Waals surface area contributed by atoms with Crippen LogP contribution in [0, 0.1) is 0 Å². The lowest BCUT2D eigenvalue weighted by Crippen LogP contribution is -2.22. The van der Waals surface area contributed by atoms with E-state index in [1.807, 2.05) is 6.08 Å². The Morgan fingerprint density at radius 1 is 1.17 bits per heavy atom. The molecule has 0 aromatic heterocycles. The van der Waals surface area contributed by atoms with E-state index in [2.05, 4.69) is 68.8 Å². The second-order valence-corrected chi connectivity index (χ2v) is 7.22. The van der Waals surface area contributed by atoms with Crippen molar-refractivity contribution in [1.29, 1.82) is 0 Å². The highest BCUT2D eigenvalue weighted by molar-refractivity contribution is 6.32. The molecule has 1 nitrogen and oxygen atoms in total. The predicted octanol–water partition coefficient (Wildman–Crippen LogP) is 6.09. The fourth-order valence-corrected chi connectivity index (χ4v) is 4.05. The Morgan fingerprint density at radius 3 is 2.61 bits per heavy atom. The van der Waals surface area contributed by atoms with Gasteiger partial charge in [0.25, 0.3) is 0 Å². The molecular formula is C21H24ClN. The van der Waals surface area contributed by atoms with E-state index in [1.54, 1.807) is 0 Å². The van der Waals surface area contributed by atoms with Gasteiger partial charge in [0, 0.05) is 28.9 Å². The highest BCUT2D eigenvalue weighted by Crippen LogP contribution is 2.46. The molecular weight excluding hydrogens is 302 g/mol. The number of rotatable bonds is 2. The molecule has 0 saturated heterocycles. The molecule has 0 unspecified atom stereocenters. The summed E-state index contributed by atoms with van der Waals surface area (Å²) in [6, 6.07) is 8.63. The number of hydrogen-bond acceptors (Lipinski definition) is 1. The first-order valence-corrected chi connectivity index (χ1v) is 8.60. The second-order valence-electron chi connectivity index (χ2n) is 6.84. The minimum atomic E-state index is 0.00846. The summed E-state index contributed by atoms with van der Waals surface area (Å²) < 4.78 is 0. The zero-order valence-electron chi connectivity index (χ0n) is 14.2. The quantitative estimate of drug-likeness (QED) is 0.636. The Kier molecular flexibility index (Phi) is 4.25. The van der Waals surface area contributed by atoms with Crippen molar-refractivity contribution in [1.82, 2.24) is 0 Å². The van der Waals surface area contributed by atoms with Crippen LogP contribution < -0.4 is 4.90 Å². The maximum atomic E-state index is 6.53. The largest absolute Gasteiger partial charge is 0.347 e. The number of benzene rings is 1. The van der Waals surface area contributed by atoms with Crippen LogP contribution in [-0.2, 0) is 5.41 Å². The van der Waals surface area contributed by atoms with Crippen molar-refractivity contribution in [3.8, 4) is 0 Å². The number of nitrogens with zero attached hydrogens (tertiary/aromatic N) is 1. The summed E-state index contributed by atoms with van der Waals surface area (Å²) in [4.78, 5) is 2.29. The average Bonchev–Trinajstić information content (AvgIpc) is 2.74. The van der Waals surface area contributed by atoms with Crippen LogP contribution in [0.15, 0.2) is 70.9 Å². The Balaban J connectivity index is 2.01. The Hall–Kier alpha value is -1.73. The van der Waals surface area contributed by atoms with Crippen LogP contribution in [0.2, 0.25) is 0 Å². The number of fused-ring (bicyclic) bond motifs is 1. The number of anilines is 1.